The number of hydrogen-bond donors (Lipinski definition) is 1. The van der Waals surface area contributed by atoms with Gasteiger partial charge in [-0.2, -0.15) is 4.98 Å². The minimum Gasteiger partial charge on any atom is -0.373 e. The fraction of sp³-hybridized carbons (Fsp3) is 0.818. The SMILES string of the molecule is CCCC(OC)c1noc([C@H](N)C(C)C)n1. The second-order valence-electron chi connectivity index (χ2n) is 4.27. The molecule has 0 aromatic carbocycles. The topological polar surface area (TPSA) is 74.2 Å². The molecule has 0 spiro atoms. The van der Waals surface area contributed by atoms with E-state index in [0.29, 0.717) is 11.7 Å². The van der Waals surface area contributed by atoms with Crippen molar-refractivity contribution in [3.63, 3.8) is 0 Å². The van der Waals surface area contributed by atoms with Crippen LogP contribution in [-0.4, -0.2) is 17.3 Å². The average Bonchev–Trinajstić information content (AvgIpc) is 2.73. The van der Waals surface area contributed by atoms with Crippen molar-refractivity contribution in [2.75, 3.05) is 7.11 Å². The third-order valence-electron chi connectivity index (χ3n) is 2.58. The third-order valence-corrected chi connectivity index (χ3v) is 2.58. The Morgan fingerprint density at radius 3 is 2.62 bits per heavy atom. The Balaban J connectivity index is 2.76. The number of nitrogens with two attached hydrogens (primary N) is 1. The second-order valence-corrected chi connectivity index (χ2v) is 4.27. The Labute approximate surface area is 96.4 Å². The van der Waals surface area contributed by atoms with E-state index in [1.54, 1.807) is 7.11 Å². The number of nitrogens with zero attached hydrogens (tertiary/aromatic N) is 2. The molecule has 1 rings (SSSR count). The van der Waals surface area contributed by atoms with E-state index in [0.717, 1.165) is 12.8 Å². The van der Waals surface area contributed by atoms with E-state index < -0.39 is 0 Å². The Morgan fingerprint density at radius 1 is 1.44 bits per heavy atom. The van der Waals surface area contributed by atoms with Gasteiger partial charge in [0.15, 0.2) is 0 Å². The summed E-state index contributed by atoms with van der Waals surface area (Å²) in [6.45, 7) is 6.13. The van der Waals surface area contributed by atoms with Gasteiger partial charge in [0.25, 0.3) is 0 Å². The molecule has 5 heteroatoms. The molecule has 0 aliphatic carbocycles. The van der Waals surface area contributed by atoms with Crippen molar-refractivity contribution in [2.45, 2.75) is 45.8 Å². The fourth-order valence-electron chi connectivity index (χ4n) is 1.41. The summed E-state index contributed by atoms with van der Waals surface area (Å²) in [5.74, 6) is 1.36. The molecule has 0 saturated heterocycles. The van der Waals surface area contributed by atoms with E-state index in [-0.39, 0.29) is 18.1 Å². The van der Waals surface area contributed by atoms with Gasteiger partial charge >= 0.3 is 0 Å². The van der Waals surface area contributed by atoms with Crippen LogP contribution in [0.4, 0.5) is 0 Å². The van der Waals surface area contributed by atoms with Crippen LogP contribution < -0.4 is 5.73 Å². The maximum atomic E-state index is 5.93. The summed E-state index contributed by atoms with van der Waals surface area (Å²) in [7, 11) is 1.65. The molecule has 0 amide bonds. The summed E-state index contributed by atoms with van der Waals surface area (Å²) in [6, 6.07) is -0.208. The van der Waals surface area contributed by atoms with Gasteiger partial charge in [0.05, 0.1) is 6.04 Å². The van der Waals surface area contributed by atoms with E-state index in [1.165, 1.54) is 0 Å². The predicted molar refractivity (Wildman–Crippen MR) is 60.7 cm³/mol. The number of aromatic nitrogens is 2. The molecule has 0 saturated carbocycles. The first-order chi connectivity index (χ1) is 7.60. The molecule has 1 heterocycles. The monoisotopic (exact) mass is 227 g/mol. The van der Waals surface area contributed by atoms with Gasteiger partial charge < -0.3 is 15.0 Å². The third kappa shape index (κ3) is 3.02. The van der Waals surface area contributed by atoms with Crippen LogP contribution in [0.2, 0.25) is 0 Å². The van der Waals surface area contributed by atoms with Crippen LogP contribution in [0, 0.1) is 5.92 Å². The molecule has 1 unspecified atom stereocenters. The van der Waals surface area contributed by atoms with Crippen LogP contribution in [0.15, 0.2) is 4.52 Å². The van der Waals surface area contributed by atoms with Gasteiger partial charge in [-0.05, 0) is 12.3 Å². The summed E-state index contributed by atoms with van der Waals surface area (Å²) < 4.78 is 10.5. The number of hydrogen-bond acceptors (Lipinski definition) is 5. The highest BCUT2D eigenvalue weighted by Gasteiger charge is 2.21. The fourth-order valence-corrected chi connectivity index (χ4v) is 1.41. The van der Waals surface area contributed by atoms with E-state index in [1.807, 2.05) is 13.8 Å². The van der Waals surface area contributed by atoms with Crippen molar-refractivity contribution >= 4 is 0 Å². The van der Waals surface area contributed by atoms with Crippen molar-refractivity contribution < 1.29 is 9.26 Å². The minimum atomic E-state index is -0.208. The lowest BCUT2D eigenvalue weighted by Gasteiger charge is -2.10. The molecule has 0 aliphatic rings. The molecule has 0 aliphatic heterocycles. The first kappa shape index (κ1) is 13.1. The van der Waals surface area contributed by atoms with Crippen LogP contribution >= 0.6 is 0 Å². The summed E-state index contributed by atoms with van der Waals surface area (Å²) in [5, 5.41) is 3.92. The number of rotatable bonds is 6. The summed E-state index contributed by atoms with van der Waals surface area (Å²) >= 11 is 0. The molecule has 2 N–H and O–H groups in total. The smallest absolute Gasteiger partial charge is 0.243 e. The maximum Gasteiger partial charge on any atom is 0.243 e. The summed E-state index contributed by atoms with van der Waals surface area (Å²) in [5.41, 5.74) is 5.93. The Bertz CT molecular complexity index is 312. The average molecular weight is 227 g/mol. The molecular weight excluding hydrogens is 206 g/mol. The normalized spacial score (nSPS) is 15.4. The highest BCUT2D eigenvalue weighted by atomic mass is 16.5. The van der Waals surface area contributed by atoms with Gasteiger partial charge in [-0.15, -0.1) is 0 Å². The van der Waals surface area contributed by atoms with Gasteiger partial charge in [-0.3, -0.25) is 0 Å². The summed E-state index contributed by atoms with van der Waals surface area (Å²) in [4.78, 5) is 4.29. The molecule has 0 radical (unpaired) electrons. The maximum absolute atomic E-state index is 5.93. The lowest BCUT2D eigenvalue weighted by Crippen LogP contribution is -2.17. The van der Waals surface area contributed by atoms with E-state index in [2.05, 4.69) is 17.1 Å². The van der Waals surface area contributed by atoms with Crippen LogP contribution in [0.3, 0.4) is 0 Å². The molecule has 0 fully saturated rings. The number of methoxy groups -OCH3 is 1. The van der Waals surface area contributed by atoms with Crippen LogP contribution in [0.25, 0.3) is 0 Å². The lowest BCUT2D eigenvalue weighted by atomic mass is 10.1. The number of ether oxygens (including phenoxy) is 1. The molecule has 92 valence electrons. The van der Waals surface area contributed by atoms with Crippen molar-refractivity contribution in [3.8, 4) is 0 Å². The molecule has 16 heavy (non-hydrogen) atoms. The zero-order chi connectivity index (χ0) is 12.1. The predicted octanol–water partition coefficient (Wildman–Crippen LogP) is 2.21. The molecule has 5 nitrogen and oxygen atoms in total. The molecule has 1 aromatic heterocycles. The first-order valence-electron chi connectivity index (χ1n) is 5.72. The van der Waals surface area contributed by atoms with Crippen molar-refractivity contribution in [3.05, 3.63) is 11.7 Å². The zero-order valence-electron chi connectivity index (χ0n) is 10.4. The van der Waals surface area contributed by atoms with Crippen LogP contribution in [0.1, 0.15) is 57.5 Å². The van der Waals surface area contributed by atoms with Crippen molar-refractivity contribution in [1.29, 1.82) is 0 Å². The van der Waals surface area contributed by atoms with Crippen LogP contribution in [0.5, 0.6) is 0 Å². The van der Waals surface area contributed by atoms with E-state index >= 15 is 0 Å². The van der Waals surface area contributed by atoms with E-state index in [9.17, 15) is 0 Å². The second kappa shape index (κ2) is 5.96. The van der Waals surface area contributed by atoms with Gasteiger partial charge in [-0.1, -0.05) is 32.3 Å². The lowest BCUT2D eigenvalue weighted by molar-refractivity contribution is 0.0854. The Morgan fingerprint density at radius 2 is 2.12 bits per heavy atom. The molecular formula is C11H21N3O2. The van der Waals surface area contributed by atoms with Crippen LogP contribution in [-0.2, 0) is 4.74 Å². The first-order valence-corrected chi connectivity index (χ1v) is 5.72. The largest absolute Gasteiger partial charge is 0.373 e. The van der Waals surface area contributed by atoms with Crippen molar-refractivity contribution in [1.82, 2.24) is 10.1 Å². The molecule has 0 bridgehead atoms. The molecule has 2 atom stereocenters. The summed E-state index contributed by atoms with van der Waals surface area (Å²) in [6.07, 6.45) is 1.80. The quantitative estimate of drug-likeness (QED) is 0.806. The highest BCUT2D eigenvalue weighted by Crippen LogP contribution is 2.22. The van der Waals surface area contributed by atoms with Gasteiger partial charge in [0.1, 0.15) is 6.10 Å². The zero-order valence-corrected chi connectivity index (χ0v) is 10.4. The van der Waals surface area contributed by atoms with Crippen molar-refractivity contribution in [2.24, 2.45) is 11.7 Å². The standard InChI is InChI=1S/C11H21N3O2/c1-5-6-8(15-4)10-13-11(16-14-10)9(12)7(2)3/h7-9H,5-6,12H2,1-4H3/t8?,9-/m1/s1. The van der Waals surface area contributed by atoms with Gasteiger partial charge in [0, 0.05) is 7.11 Å². The Kier molecular flexibility index (Phi) is 4.89. The van der Waals surface area contributed by atoms with Gasteiger partial charge in [-0.25, -0.2) is 0 Å². The molecule has 1 aromatic rings. The minimum absolute atomic E-state index is 0.0955. The highest BCUT2D eigenvalue weighted by molar-refractivity contribution is 4.95. The van der Waals surface area contributed by atoms with E-state index in [4.69, 9.17) is 15.0 Å². The van der Waals surface area contributed by atoms with Gasteiger partial charge in [0.2, 0.25) is 11.7 Å². The Hall–Kier alpha value is -0.940.